The highest BCUT2D eigenvalue weighted by atomic mass is 14.1. The van der Waals surface area contributed by atoms with Gasteiger partial charge in [-0.3, -0.25) is 0 Å². The molecule has 0 rings (SSSR count). The number of rotatable bonds is 33. The molecule has 0 aliphatic heterocycles. The molecule has 0 aromatic rings. The highest BCUT2D eigenvalue weighted by Gasteiger charge is 2.06. The topological polar surface area (TPSA) is 0 Å². The average Bonchev–Trinajstić information content (AvgIpc) is 2.91. The van der Waals surface area contributed by atoms with Gasteiger partial charge in [0, 0.05) is 0 Å². The predicted molar refractivity (Wildman–Crippen MR) is 177 cm³/mol. The van der Waals surface area contributed by atoms with Gasteiger partial charge in [-0.15, -0.1) is 0 Å². The smallest absolute Gasteiger partial charge is 0.0443 e. The first-order chi connectivity index (χ1) is 18.7. The maximum atomic E-state index is 2.51. The van der Waals surface area contributed by atoms with Crippen LogP contribution in [0.4, 0.5) is 0 Å². The summed E-state index contributed by atoms with van der Waals surface area (Å²) in [4.78, 5) is 0. The van der Waals surface area contributed by atoms with E-state index < -0.39 is 0 Å². The summed E-state index contributed by atoms with van der Waals surface area (Å²) in [6, 6.07) is 0. The lowest BCUT2D eigenvalue weighted by Crippen LogP contribution is -1.99. The summed E-state index contributed by atoms with van der Waals surface area (Å²) >= 11 is 0. The molecule has 0 amide bonds. The lowest BCUT2D eigenvalue weighted by molar-refractivity contribution is 0.390. The van der Waals surface area contributed by atoms with E-state index in [0.717, 1.165) is 11.8 Å². The molecule has 0 spiro atoms. The van der Waals surface area contributed by atoms with Crippen LogP contribution in [0.3, 0.4) is 0 Å². The minimum Gasteiger partial charge on any atom is -0.0654 e. The SMILES string of the molecule is CCCCCCCCCCCCCCCCCCCCC(C)CCCC(C)CCCCCCCCCCC. The molecule has 2 unspecified atom stereocenters. The van der Waals surface area contributed by atoms with Crippen molar-refractivity contribution in [2.75, 3.05) is 0 Å². The van der Waals surface area contributed by atoms with Gasteiger partial charge in [0.25, 0.3) is 0 Å². The molecule has 0 fully saturated rings. The van der Waals surface area contributed by atoms with Crippen LogP contribution in [-0.2, 0) is 0 Å². The van der Waals surface area contributed by atoms with Crippen LogP contribution in [0.1, 0.15) is 233 Å². The van der Waals surface area contributed by atoms with E-state index in [1.807, 2.05) is 0 Å². The molecule has 0 bridgehead atoms. The molecule has 0 aliphatic carbocycles. The number of unbranched alkanes of at least 4 members (excludes halogenated alkanes) is 25. The van der Waals surface area contributed by atoms with Crippen LogP contribution in [0.25, 0.3) is 0 Å². The molecule has 230 valence electrons. The normalized spacial score (nSPS) is 13.3. The standard InChI is InChI=1S/C38H78/c1-5-7-9-11-13-15-16-17-18-19-20-21-22-23-25-27-29-31-34-38(4)36-32-35-37(3)33-30-28-26-24-14-12-10-8-6-2/h37-38H,5-36H2,1-4H3. The first kappa shape index (κ1) is 38.0. The van der Waals surface area contributed by atoms with Gasteiger partial charge in [0.05, 0.1) is 0 Å². The highest BCUT2D eigenvalue weighted by Crippen LogP contribution is 2.22. The quantitative estimate of drug-likeness (QED) is 0.0734. The molecule has 0 nitrogen and oxygen atoms in total. The lowest BCUT2D eigenvalue weighted by atomic mass is 9.92. The Morgan fingerprint density at radius 2 is 0.421 bits per heavy atom. The zero-order valence-electron chi connectivity index (χ0n) is 27.8. The van der Waals surface area contributed by atoms with Crippen LogP contribution < -0.4 is 0 Å². The zero-order chi connectivity index (χ0) is 27.8. The Kier molecular flexibility index (Phi) is 33.2. The first-order valence-electron chi connectivity index (χ1n) is 18.7. The summed E-state index contributed by atoms with van der Waals surface area (Å²) in [6.07, 6.45) is 47.1. The van der Waals surface area contributed by atoms with Gasteiger partial charge in [-0.25, -0.2) is 0 Å². The van der Waals surface area contributed by atoms with Crippen LogP contribution in [0, 0.1) is 11.8 Å². The minimum absolute atomic E-state index is 0.955. The van der Waals surface area contributed by atoms with Crippen molar-refractivity contribution in [3.8, 4) is 0 Å². The zero-order valence-corrected chi connectivity index (χ0v) is 27.8. The Morgan fingerprint density at radius 1 is 0.237 bits per heavy atom. The molecule has 0 heterocycles. The van der Waals surface area contributed by atoms with Crippen molar-refractivity contribution in [3.63, 3.8) is 0 Å². The summed E-state index contributed by atoms with van der Waals surface area (Å²) in [6.45, 7) is 9.64. The third-order valence-electron chi connectivity index (χ3n) is 9.24. The van der Waals surface area contributed by atoms with Crippen LogP contribution >= 0.6 is 0 Å². The van der Waals surface area contributed by atoms with E-state index in [2.05, 4.69) is 27.7 Å². The number of hydrogen-bond donors (Lipinski definition) is 0. The van der Waals surface area contributed by atoms with Crippen molar-refractivity contribution < 1.29 is 0 Å². The van der Waals surface area contributed by atoms with Crippen LogP contribution in [-0.4, -0.2) is 0 Å². The van der Waals surface area contributed by atoms with Gasteiger partial charge in [0.1, 0.15) is 0 Å². The molecule has 0 aliphatic rings. The van der Waals surface area contributed by atoms with E-state index in [1.165, 1.54) is 205 Å². The van der Waals surface area contributed by atoms with Gasteiger partial charge >= 0.3 is 0 Å². The van der Waals surface area contributed by atoms with E-state index in [4.69, 9.17) is 0 Å². The summed E-state index contributed by atoms with van der Waals surface area (Å²) in [5.41, 5.74) is 0. The Morgan fingerprint density at radius 3 is 0.658 bits per heavy atom. The van der Waals surface area contributed by atoms with Gasteiger partial charge in [-0.2, -0.15) is 0 Å². The van der Waals surface area contributed by atoms with E-state index in [9.17, 15) is 0 Å². The van der Waals surface area contributed by atoms with E-state index in [0.29, 0.717) is 0 Å². The van der Waals surface area contributed by atoms with Gasteiger partial charge < -0.3 is 0 Å². The minimum atomic E-state index is 0.955. The van der Waals surface area contributed by atoms with Gasteiger partial charge in [0.15, 0.2) is 0 Å². The van der Waals surface area contributed by atoms with Crippen molar-refractivity contribution >= 4 is 0 Å². The van der Waals surface area contributed by atoms with E-state index in [1.54, 1.807) is 0 Å². The maximum absolute atomic E-state index is 2.51. The van der Waals surface area contributed by atoms with Crippen LogP contribution in [0.2, 0.25) is 0 Å². The van der Waals surface area contributed by atoms with Crippen molar-refractivity contribution in [3.05, 3.63) is 0 Å². The van der Waals surface area contributed by atoms with E-state index in [-0.39, 0.29) is 0 Å². The van der Waals surface area contributed by atoms with Crippen molar-refractivity contribution in [2.24, 2.45) is 11.8 Å². The Bertz CT molecular complexity index is 399. The predicted octanol–water partition coefficient (Wildman–Crippen LogP) is 14.8. The number of hydrogen-bond acceptors (Lipinski definition) is 0. The second-order valence-electron chi connectivity index (χ2n) is 13.6. The van der Waals surface area contributed by atoms with Crippen LogP contribution in [0.5, 0.6) is 0 Å². The van der Waals surface area contributed by atoms with Crippen molar-refractivity contribution in [1.29, 1.82) is 0 Å². The molecule has 38 heavy (non-hydrogen) atoms. The summed E-state index contributed by atoms with van der Waals surface area (Å²) in [5.74, 6) is 1.91. The molecule has 0 aromatic heterocycles. The van der Waals surface area contributed by atoms with Crippen molar-refractivity contribution in [1.82, 2.24) is 0 Å². The lowest BCUT2D eigenvalue weighted by Gasteiger charge is -2.14. The van der Waals surface area contributed by atoms with Gasteiger partial charge in [-0.1, -0.05) is 233 Å². The largest absolute Gasteiger partial charge is 0.0654 e. The molecule has 0 radical (unpaired) electrons. The third kappa shape index (κ3) is 32.2. The molecule has 0 aromatic carbocycles. The van der Waals surface area contributed by atoms with Crippen molar-refractivity contribution in [2.45, 2.75) is 233 Å². The third-order valence-corrected chi connectivity index (χ3v) is 9.24. The molecule has 0 heteroatoms. The second-order valence-corrected chi connectivity index (χ2v) is 13.6. The van der Waals surface area contributed by atoms with Crippen LogP contribution in [0.15, 0.2) is 0 Å². The summed E-state index contributed by atoms with van der Waals surface area (Å²) in [5, 5.41) is 0. The van der Waals surface area contributed by atoms with Gasteiger partial charge in [0.2, 0.25) is 0 Å². The molecule has 0 saturated carbocycles. The Hall–Kier alpha value is 0. The maximum Gasteiger partial charge on any atom is -0.0443 e. The molecular weight excluding hydrogens is 456 g/mol. The fraction of sp³-hybridized carbons (Fsp3) is 1.00. The van der Waals surface area contributed by atoms with Gasteiger partial charge in [-0.05, 0) is 11.8 Å². The van der Waals surface area contributed by atoms with E-state index >= 15 is 0 Å². The fourth-order valence-corrected chi connectivity index (χ4v) is 6.30. The monoisotopic (exact) mass is 535 g/mol. The fourth-order valence-electron chi connectivity index (χ4n) is 6.30. The molecule has 0 N–H and O–H groups in total. The summed E-state index contributed by atoms with van der Waals surface area (Å²) < 4.78 is 0. The highest BCUT2D eigenvalue weighted by molar-refractivity contribution is 4.60. The Labute approximate surface area is 244 Å². The Balaban J connectivity index is 3.24. The second kappa shape index (κ2) is 33.2. The molecule has 0 saturated heterocycles. The first-order valence-corrected chi connectivity index (χ1v) is 18.7. The summed E-state index contributed by atoms with van der Waals surface area (Å²) in [7, 11) is 0. The average molecular weight is 535 g/mol. The molecular formula is C38H78. The molecule has 2 atom stereocenters.